The van der Waals surface area contributed by atoms with Gasteiger partial charge in [0.1, 0.15) is 0 Å². The SMILES string of the molecule is CC(C)NC(=O)CCNCC(O)COCc1cccs1. The fraction of sp³-hybridized carbons (Fsp3) is 0.643. The minimum absolute atomic E-state index is 0.0240. The summed E-state index contributed by atoms with van der Waals surface area (Å²) in [6.07, 6.45) is -0.135. The zero-order valence-electron chi connectivity index (χ0n) is 12.1. The number of ether oxygens (including phenoxy) is 1. The molecule has 5 nitrogen and oxygen atoms in total. The van der Waals surface area contributed by atoms with Crippen LogP contribution in [-0.2, 0) is 16.1 Å². The van der Waals surface area contributed by atoms with Crippen LogP contribution in [0.15, 0.2) is 17.5 Å². The summed E-state index contributed by atoms with van der Waals surface area (Å²) in [6.45, 7) is 5.68. The number of carbonyl (C=O) groups is 1. The number of hydrogen-bond acceptors (Lipinski definition) is 5. The van der Waals surface area contributed by atoms with Gasteiger partial charge in [0, 0.05) is 30.4 Å². The standard InChI is InChI=1S/C14H24N2O3S/c1-11(2)16-14(18)5-6-15-8-12(17)9-19-10-13-4-3-7-20-13/h3-4,7,11-12,15,17H,5-6,8-10H2,1-2H3,(H,16,18). The lowest BCUT2D eigenvalue weighted by atomic mass is 10.3. The van der Waals surface area contributed by atoms with Crippen LogP contribution in [0.3, 0.4) is 0 Å². The highest BCUT2D eigenvalue weighted by molar-refractivity contribution is 7.09. The highest BCUT2D eigenvalue weighted by atomic mass is 32.1. The lowest BCUT2D eigenvalue weighted by Crippen LogP contribution is -2.35. The van der Waals surface area contributed by atoms with Crippen molar-refractivity contribution in [2.45, 2.75) is 39.0 Å². The van der Waals surface area contributed by atoms with Crippen LogP contribution in [0, 0.1) is 0 Å². The molecular weight excluding hydrogens is 276 g/mol. The Kier molecular flexibility index (Phi) is 8.45. The number of carbonyl (C=O) groups excluding carboxylic acids is 1. The van der Waals surface area contributed by atoms with Gasteiger partial charge in [0.25, 0.3) is 0 Å². The van der Waals surface area contributed by atoms with Crippen molar-refractivity contribution in [1.82, 2.24) is 10.6 Å². The predicted molar refractivity (Wildman–Crippen MR) is 80.7 cm³/mol. The number of amides is 1. The molecule has 1 heterocycles. The Hall–Kier alpha value is -0.950. The van der Waals surface area contributed by atoms with Gasteiger partial charge in [-0.15, -0.1) is 11.3 Å². The molecule has 0 spiro atoms. The van der Waals surface area contributed by atoms with Crippen molar-refractivity contribution < 1.29 is 14.6 Å². The minimum Gasteiger partial charge on any atom is -0.389 e. The first-order valence-electron chi connectivity index (χ1n) is 6.86. The molecule has 1 aromatic rings. The lowest BCUT2D eigenvalue weighted by Gasteiger charge is -2.12. The maximum absolute atomic E-state index is 11.4. The predicted octanol–water partition coefficient (Wildman–Crippen LogP) is 1.13. The van der Waals surface area contributed by atoms with E-state index in [2.05, 4.69) is 10.6 Å². The minimum atomic E-state index is -0.553. The molecule has 6 heteroatoms. The molecule has 0 fully saturated rings. The first kappa shape index (κ1) is 17.1. The molecular formula is C14H24N2O3S. The molecule has 0 saturated heterocycles. The normalized spacial score (nSPS) is 12.6. The van der Waals surface area contributed by atoms with Gasteiger partial charge in [-0.3, -0.25) is 4.79 Å². The Balaban J connectivity index is 1.97. The van der Waals surface area contributed by atoms with Crippen molar-refractivity contribution in [3.63, 3.8) is 0 Å². The summed E-state index contributed by atoms with van der Waals surface area (Å²) >= 11 is 1.64. The third-order valence-electron chi connectivity index (χ3n) is 2.49. The number of nitrogens with one attached hydrogen (secondary N) is 2. The molecule has 0 aromatic carbocycles. The maximum Gasteiger partial charge on any atom is 0.221 e. The van der Waals surface area contributed by atoms with E-state index < -0.39 is 6.10 Å². The molecule has 1 amide bonds. The van der Waals surface area contributed by atoms with E-state index in [1.54, 1.807) is 11.3 Å². The molecule has 0 aliphatic heterocycles. The Morgan fingerprint density at radius 1 is 1.50 bits per heavy atom. The van der Waals surface area contributed by atoms with E-state index in [-0.39, 0.29) is 11.9 Å². The van der Waals surface area contributed by atoms with Crippen LogP contribution < -0.4 is 10.6 Å². The second-order valence-corrected chi connectivity index (χ2v) is 5.96. The summed E-state index contributed by atoms with van der Waals surface area (Å²) < 4.78 is 5.41. The number of aliphatic hydroxyl groups excluding tert-OH is 1. The highest BCUT2D eigenvalue weighted by Gasteiger charge is 2.06. The highest BCUT2D eigenvalue weighted by Crippen LogP contribution is 2.09. The number of rotatable bonds is 10. The van der Waals surface area contributed by atoms with E-state index in [1.807, 2.05) is 31.4 Å². The quantitative estimate of drug-likeness (QED) is 0.567. The molecule has 0 aliphatic carbocycles. The second-order valence-electron chi connectivity index (χ2n) is 4.92. The van der Waals surface area contributed by atoms with Crippen molar-refractivity contribution in [3.05, 3.63) is 22.4 Å². The molecule has 114 valence electrons. The van der Waals surface area contributed by atoms with E-state index in [9.17, 15) is 9.90 Å². The molecule has 20 heavy (non-hydrogen) atoms. The summed E-state index contributed by atoms with van der Waals surface area (Å²) in [6, 6.07) is 4.14. The molecule has 0 radical (unpaired) electrons. The molecule has 0 saturated carbocycles. The Bertz CT molecular complexity index is 369. The van der Waals surface area contributed by atoms with E-state index in [4.69, 9.17) is 4.74 Å². The van der Waals surface area contributed by atoms with Crippen molar-refractivity contribution in [3.8, 4) is 0 Å². The van der Waals surface area contributed by atoms with Gasteiger partial charge < -0.3 is 20.5 Å². The van der Waals surface area contributed by atoms with Gasteiger partial charge in [-0.2, -0.15) is 0 Å². The van der Waals surface area contributed by atoms with E-state index in [0.29, 0.717) is 32.7 Å². The van der Waals surface area contributed by atoms with Gasteiger partial charge in [0.15, 0.2) is 0 Å². The second kappa shape index (κ2) is 9.88. The van der Waals surface area contributed by atoms with Crippen LogP contribution in [0.4, 0.5) is 0 Å². The van der Waals surface area contributed by atoms with Crippen molar-refractivity contribution in [2.75, 3.05) is 19.7 Å². The van der Waals surface area contributed by atoms with Crippen molar-refractivity contribution in [1.29, 1.82) is 0 Å². The van der Waals surface area contributed by atoms with Crippen LogP contribution in [-0.4, -0.2) is 42.9 Å². The molecule has 3 N–H and O–H groups in total. The van der Waals surface area contributed by atoms with Crippen molar-refractivity contribution >= 4 is 17.2 Å². The Morgan fingerprint density at radius 3 is 2.95 bits per heavy atom. The third kappa shape index (κ3) is 8.27. The molecule has 1 atom stereocenters. The monoisotopic (exact) mass is 300 g/mol. The average Bonchev–Trinajstić information content (AvgIpc) is 2.87. The van der Waals surface area contributed by atoms with Gasteiger partial charge in [-0.1, -0.05) is 6.07 Å². The number of hydrogen-bond donors (Lipinski definition) is 3. The molecule has 1 aromatic heterocycles. The smallest absolute Gasteiger partial charge is 0.221 e. The molecule has 0 aliphatic rings. The van der Waals surface area contributed by atoms with Gasteiger partial charge in [-0.25, -0.2) is 0 Å². The van der Waals surface area contributed by atoms with Crippen LogP contribution in [0.1, 0.15) is 25.1 Å². The Labute approximate surface area is 124 Å². The van der Waals surface area contributed by atoms with Crippen LogP contribution in [0.5, 0.6) is 0 Å². The number of aliphatic hydroxyl groups is 1. The molecule has 0 bridgehead atoms. The van der Waals surface area contributed by atoms with Gasteiger partial charge in [0.2, 0.25) is 5.91 Å². The molecule has 1 rings (SSSR count). The largest absolute Gasteiger partial charge is 0.389 e. The summed E-state index contributed by atoms with van der Waals surface area (Å²) in [4.78, 5) is 12.5. The summed E-state index contributed by atoms with van der Waals surface area (Å²) in [5, 5.41) is 17.6. The van der Waals surface area contributed by atoms with Crippen molar-refractivity contribution in [2.24, 2.45) is 0 Å². The van der Waals surface area contributed by atoms with Crippen LogP contribution >= 0.6 is 11.3 Å². The fourth-order valence-corrected chi connectivity index (χ4v) is 2.25. The van der Waals surface area contributed by atoms with Gasteiger partial charge in [-0.05, 0) is 25.3 Å². The zero-order valence-corrected chi connectivity index (χ0v) is 12.9. The average molecular weight is 300 g/mol. The first-order valence-corrected chi connectivity index (χ1v) is 7.74. The van der Waals surface area contributed by atoms with E-state index in [0.717, 1.165) is 4.88 Å². The van der Waals surface area contributed by atoms with Crippen LogP contribution in [0.25, 0.3) is 0 Å². The first-order chi connectivity index (χ1) is 9.58. The summed E-state index contributed by atoms with van der Waals surface area (Å²) in [7, 11) is 0. The maximum atomic E-state index is 11.4. The van der Waals surface area contributed by atoms with Gasteiger partial charge >= 0.3 is 0 Å². The van der Waals surface area contributed by atoms with E-state index >= 15 is 0 Å². The molecule has 1 unspecified atom stereocenters. The fourth-order valence-electron chi connectivity index (χ4n) is 1.61. The number of thiophene rings is 1. The topological polar surface area (TPSA) is 70.6 Å². The van der Waals surface area contributed by atoms with Crippen LogP contribution in [0.2, 0.25) is 0 Å². The summed E-state index contributed by atoms with van der Waals surface area (Å²) in [5.74, 6) is 0.0240. The van der Waals surface area contributed by atoms with Gasteiger partial charge in [0.05, 0.1) is 19.3 Å². The zero-order chi connectivity index (χ0) is 14.8. The lowest BCUT2D eigenvalue weighted by molar-refractivity contribution is -0.121. The Morgan fingerprint density at radius 2 is 2.30 bits per heavy atom. The van der Waals surface area contributed by atoms with E-state index in [1.165, 1.54) is 0 Å². The summed E-state index contributed by atoms with van der Waals surface area (Å²) in [5.41, 5.74) is 0. The third-order valence-corrected chi connectivity index (χ3v) is 3.34.